The molecule has 4 heterocycles. The van der Waals surface area contributed by atoms with E-state index in [1.165, 1.54) is 59.9 Å². The molecule has 0 aliphatic rings. The van der Waals surface area contributed by atoms with Crippen molar-refractivity contribution in [1.82, 2.24) is 24.4 Å². The summed E-state index contributed by atoms with van der Waals surface area (Å²) in [5.74, 6) is -0.969. The zero-order valence-electron chi connectivity index (χ0n) is 35.3. The highest BCUT2D eigenvalue weighted by molar-refractivity contribution is 14.1. The fourth-order valence-corrected chi connectivity index (χ4v) is 7.04. The molecule has 0 fully saturated rings. The lowest BCUT2D eigenvalue weighted by Crippen LogP contribution is -2.29. The number of halogens is 4. The molecule has 7 aromatic rings. The number of amides is 2. The lowest BCUT2D eigenvalue weighted by atomic mass is 10.1. The molecular weight excluding hydrogens is 1070 g/mol. The number of pyridine rings is 4. The largest absolute Gasteiger partial charge is 0.497 e. The Morgan fingerprint density at radius 3 is 1.55 bits per heavy atom. The predicted molar refractivity (Wildman–Crippen MR) is 259 cm³/mol. The molecule has 0 saturated carbocycles. The van der Waals surface area contributed by atoms with Gasteiger partial charge in [0.05, 0.1) is 30.9 Å². The summed E-state index contributed by atoms with van der Waals surface area (Å²) in [4.78, 5) is 59.1. The van der Waals surface area contributed by atoms with E-state index in [1.54, 1.807) is 62.0 Å². The van der Waals surface area contributed by atoms with Crippen molar-refractivity contribution in [3.8, 4) is 28.7 Å². The molecule has 0 saturated heterocycles. The van der Waals surface area contributed by atoms with Crippen LogP contribution in [0.1, 0.15) is 37.4 Å². The first-order valence-electron chi connectivity index (χ1n) is 19.3. The maximum atomic E-state index is 14.7. The van der Waals surface area contributed by atoms with Gasteiger partial charge in [0.2, 0.25) is 0 Å². The molecule has 0 unspecified atom stereocenters. The molecule has 5 N–H and O–H groups in total. The van der Waals surface area contributed by atoms with Gasteiger partial charge in [-0.3, -0.25) is 38.3 Å². The Morgan fingerprint density at radius 1 is 0.662 bits per heavy atom. The zero-order chi connectivity index (χ0) is 46.9. The minimum atomic E-state index is -0.834. The summed E-state index contributed by atoms with van der Waals surface area (Å²) in [5, 5.41) is 8.57. The number of carbonyl (C=O) groups is 2. The van der Waals surface area contributed by atoms with Crippen molar-refractivity contribution in [2.45, 2.75) is 20.4 Å². The molecule has 334 valence electrons. The second kappa shape index (κ2) is 21.2. The SMILES string of the molecule is COc1ccc(CNC(=O)c2c(Oc3cncc(C)c3)cc(=O)n(C)c2Nc2ccc(I)cc2F)cc1.Cc1cncc(Oc2cc(=O)n(C)c(Nc3ccc(I)cc3F)c2C(N)=O)c1. The van der Waals surface area contributed by atoms with Crippen molar-refractivity contribution < 1.29 is 32.6 Å². The van der Waals surface area contributed by atoms with Gasteiger partial charge in [0.15, 0.2) is 0 Å². The average molecular weight is 1110 g/mol. The number of methoxy groups -OCH3 is 1. The number of anilines is 4. The molecule has 2 amide bonds. The number of hydrogen-bond donors (Lipinski definition) is 4. The van der Waals surface area contributed by atoms with Crippen LogP contribution in [0.25, 0.3) is 0 Å². The van der Waals surface area contributed by atoms with Gasteiger partial charge in [-0.15, -0.1) is 0 Å². The molecule has 0 atom stereocenters. The fraction of sp³-hybridized carbons (Fsp3) is 0.130. The van der Waals surface area contributed by atoms with Gasteiger partial charge in [-0.2, -0.15) is 0 Å². The number of rotatable bonds is 13. The molecule has 0 radical (unpaired) electrons. The Bertz CT molecular complexity index is 3040. The van der Waals surface area contributed by atoms with Crippen LogP contribution < -0.4 is 47.0 Å². The van der Waals surface area contributed by atoms with Crippen LogP contribution in [0.5, 0.6) is 28.7 Å². The van der Waals surface area contributed by atoms with Crippen molar-refractivity contribution in [2.24, 2.45) is 19.8 Å². The maximum absolute atomic E-state index is 14.7. The number of primary amides is 1. The minimum Gasteiger partial charge on any atom is -0.497 e. The molecule has 19 heteroatoms. The molecule has 65 heavy (non-hydrogen) atoms. The number of benzene rings is 3. The number of nitrogens with one attached hydrogen (secondary N) is 3. The van der Waals surface area contributed by atoms with E-state index in [2.05, 4.69) is 25.9 Å². The third-order valence-corrected chi connectivity index (χ3v) is 10.8. The van der Waals surface area contributed by atoms with E-state index in [9.17, 15) is 28.0 Å². The topological polar surface area (TPSA) is 194 Å². The van der Waals surface area contributed by atoms with E-state index in [4.69, 9.17) is 19.9 Å². The molecule has 0 aliphatic carbocycles. The quantitative estimate of drug-likeness (QED) is 0.0807. The van der Waals surface area contributed by atoms with Crippen LogP contribution in [-0.4, -0.2) is 38.0 Å². The second-order valence-corrected chi connectivity index (χ2v) is 16.7. The fourth-order valence-electron chi connectivity index (χ4n) is 6.13. The van der Waals surface area contributed by atoms with Crippen molar-refractivity contribution in [1.29, 1.82) is 0 Å². The molecular formula is C46H40F2I2N8O7. The zero-order valence-corrected chi connectivity index (χ0v) is 39.7. The third-order valence-electron chi connectivity index (χ3n) is 9.42. The van der Waals surface area contributed by atoms with Crippen molar-refractivity contribution in [3.05, 3.63) is 177 Å². The standard InChI is InChI=1S/C27H24FIN4O4.C19H16FIN4O3/c1-16-10-20(15-30-13-16)37-23-12-24(34)33(2)26(32-22-9-6-18(29)11-21(22)28)25(23)27(35)31-14-17-4-7-19(36-3)8-5-17;1-10-5-12(9-23-8-10)28-15-7-16(26)25(2)19(17(15)18(22)27)24-14-4-3-11(21)6-13(14)20/h4-13,15,32H,14H2,1-3H3,(H,31,35);3-9,24H,1-2H3,(H2,22,27). The van der Waals surface area contributed by atoms with Gasteiger partial charge in [-0.25, -0.2) is 8.78 Å². The third kappa shape index (κ3) is 12.0. The van der Waals surface area contributed by atoms with Gasteiger partial charge in [-0.05, 0) is 136 Å². The summed E-state index contributed by atoms with van der Waals surface area (Å²) < 4.78 is 49.7. The molecule has 7 rings (SSSR count). The van der Waals surface area contributed by atoms with E-state index < -0.39 is 34.6 Å². The summed E-state index contributed by atoms with van der Waals surface area (Å²) in [7, 11) is 4.51. The summed E-state index contributed by atoms with van der Waals surface area (Å²) >= 11 is 3.98. The first kappa shape index (κ1) is 47.6. The Balaban J connectivity index is 0.000000224. The Kier molecular flexibility index (Phi) is 15.5. The number of carbonyl (C=O) groups excluding carboxylic acids is 2. The second-order valence-electron chi connectivity index (χ2n) is 14.3. The lowest BCUT2D eigenvalue weighted by molar-refractivity contribution is 0.0947. The van der Waals surface area contributed by atoms with E-state index in [-0.39, 0.29) is 52.2 Å². The first-order chi connectivity index (χ1) is 31.0. The van der Waals surface area contributed by atoms with Crippen LogP contribution in [0.3, 0.4) is 0 Å². The highest BCUT2D eigenvalue weighted by Gasteiger charge is 2.25. The van der Waals surface area contributed by atoms with Crippen LogP contribution in [0.4, 0.5) is 31.8 Å². The van der Waals surface area contributed by atoms with Gasteiger partial charge in [0.1, 0.15) is 63.1 Å². The number of ether oxygens (including phenoxy) is 3. The average Bonchev–Trinajstić information content (AvgIpc) is 3.25. The van der Waals surface area contributed by atoms with Crippen LogP contribution in [-0.2, 0) is 20.6 Å². The van der Waals surface area contributed by atoms with Crippen LogP contribution in [0.2, 0.25) is 0 Å². The van der Waals surface area contributed by atoms with Crippen molar-refractivity contribution in [2.75, 3.05) is 17.7 Å². The van der Waals surface area contributed by atoms with Crippen LogP contribution in [0.15, 0.2) is 119 Å². The summed E-state index contributed by atoms with van der Waals surface area (Å²) in [6, 6.07) is 22.2. The maximum Gasteiger partial charge on any atom is 0.259 e. The van der Waals surface area contributed by atoms with Crippen molar-refractivity contribution >= 4 is 80.0 Å². The van der Waals surface area contributed by atoms with Crippen LogP contribution in [0, 0.1) is 32.6 Å². The monoisotopic (exact) mass is 1110 g/mol. The van der Waals surface area contributed by atoms with E-state index >= 15 is 0 Å². The van der Waals surface area contributed by atoms with Crippen LogP contribution >= 0.6 is 45.2 Å². The van der Waals surface area contributed by atoms with E-state index in [0.29, 0.717) is 24.4 Å². The first-order valence-corrected chi connectivity index (χ1v) is 21.5. The normalized spacial score (nSPS) is 10.6. The smallest absolute Gasteiger partial charge is 0.259 e. The minimum absolute atomic E-state index is 0.0103. The number of hydrogen-bond acceptors (Lipinski definition) is 11. The highest BCUT2D eigenvalue weighted by Crippen LogP contribution is 2.33. The Morgan fingerprint density at radius 2 is 1.12 bits per heavy atom. The summed E-state index contributed by atoms with van der Waals surface area (Å²) in [6.45, 7) is 3.87. The Hall–Kier alpha value is -6.88. The van der Waals surface area contributed by atoms with Gasteiger partial charge in [0.25, 0.3) is 22.9 Å². The van der Waals surface area contributed by atoms with E-state index in [0.717, 1.165) is 22.8 Å². The van der Waals surface area contributed by atoms with Gasteiger partial charge in [-0.1, -0.05) is 12.1 Å². The highest BCUT2D eigenvalue weighted by atomic mass is 127. The van der Waals surface area contributed by atoms with Crippen molar-refractivity contribution in [3.63, 3.8) is 0 Å². The molecule has 0 spiro atoms. The number of aryl methyl sites for hydroxylation is 2. The van der Waals surface area contributed by atoms with Gasteiger partial charge >= 0.3 is 0 Å². The number of aromatic nitrogens is 4. The van der Waals surface area contributed by atoms with E-state index in [1.807, 2.05) is 71.2 Å². The van der Waals surface area contributed by atoms with Gasteiger partial charge < -0.3 is 35.9 Å². The molecule has 15 nitrogen and oxygen atoms in total. The summed E-state index contributed by atoms with van der Waals surface area (Å²) in [5.41, 5.74) is 7.30. The summed E-state index contributed by atoms with van der Waals surface area (Å²) in [6.07, 6.45) is 6.22. The lowest BCUT2D eigenvalue weighted by Gasteiger charge is -2.19. The Labute approximate surface area is 398 Å². The molecule has 4 aromatic heterocycles. The molecule has 0 aliphatic heterocycles. The molecule has 3 aromatic carbocycles. The number of nitrogens with zero attached hydrogens (tertiary/aromatic N) is 4. The molecule has 0 bridgehead atoms. The van der Waals surface area contributed by atoms with Gasteiger partial charge in [0, 0.05) is 52.3 Å². The predicted octanol–water partition coefficient (Wildman–Crippen LogP) is 8.77. The number of nitrogens with two attached hydrogens (primary N) is 1.